The lowest BCUT2D eigenvalue weighted by Gasteiger charge is -2.44. The molecule has 0 saturated carbocycles. The summed E-state index contributed by atoms with van der Waals surface area (Å²) in [4.78, 5) is 2.52. The quantitative estimate of drug-likeness (QED) is 0.175. The average Bonchev–Trinajstić information content (AvgIpc) is 4.03. The number of hydrogen-bond donors (Lipinski definition) is 0. The van der Waals surface area contributed by atoms with E-state index in [1.54, 1.807) is 5.57 Å². The smallest absolute Gasteiger partial charge is 0.137 e. The van der Waals surface area contributed by atoms with Crippen LogP contribution in [-0.2, 0) is 10.8 Å². The molecule has 1 spiro atoms. The molecule has 0 fully saturated rings. The minimum atomic E-state index is -0.475. The minimum Gasteiger partial charge on any atom is -0.456 e. The lowest BCUT2D eigenvalue weighted by Crippen LogP contribution is -2.36. The van der Waals surface area contributed by atoms with Gasteiger partial charge in [0.05, 0.1) is 11.1 Å². The van der Waals surface area contributed by atoms with Crippen LogP contribution >= 0.6 is 0 Å². The van der Waals surface area contributed by atoms with Crippen LogP contribution < -0.4 is 4.90 Å². The van der Waals surface area contributed by atoms with E-state index in [9.17, 15) is 0 Å². The molecule has 4 aliphatic carbocycles. The van der Waals surface area contributed by atoms with E-state index in [-0.39, 0.29) is 16.2 Å². The predicted molar refractivity (Wildman–Crippen MR) is 290 cm³/mol. The number of hydrogen-bond acceptors (Lipinski definition) is 2. The first-order chi connectivity index (χ1) is 33.2. The van der Waals surface area contributed by atoms with Gasteiger partial charge in [-0.2, -0.15) is 0 Å². The van der Waals surface area contributed by atoms with Gasteiger partial charge in [0.2, 0.25) is 0 Å². The summed E-state index contributed by atoms with van der Waals surface area (Å²) < 4.78 is 6.69. The second-order valence-electron chi connectivity index (χ2n) is 22.9. The highest BCUT2D eigenvalue weighted by molar-refractivity contribution is 6.07. The van der Waals surface area contributed by atoms with E-state index >= 15 is 0 Å². The van der Waals surface area contributed by atoms with Gasteiger partial charge in [0.15, 0.2) is 0 Å². The Labute approximate surface area is 407 Å². The molecule has 2 heteroatoms. The molecule has 69 heavy (non-hydrogen) atoms. The molecule has 0 bridgehead atoms. The van der Waals surface area contributed by atoms with E-state index in [0.29, 0.717) is 11.8 Å². The molecule has 0 amide bonds. The Bertz CT molecular complexity index is 3640. The largest absolute Gasteiger partial charge is 0.456 e. The standard InChI is InChI=1S/C67H59NO/c1-40-55(64(2,3)4)39-57(65(5,6)7)62-61-50(26-20-30-54(61)66(8,9)63(40)62)47-24-13-18-31-58(47)68(42-34-36-49-48-25-14-19-32-59(48)69-60(49)38-42)41-33-35-46-45-23-12-17-29-53(45)67(56(46)37-41)51-27-15-10-21-43(51)44-22-11-16-28-52(44)67/h10-40,63H,1-9H3. The van der Waals surface area contributed by atoms with Crippen molar-refractivity contribution in [2.45, 2.75) is 73.1 Å². The SMILES string of the molecule is CC1C(C(C)(C)C)=CC(C(C)(C)C)=C2c3c(-c4ccccc4N(c4ccc5c(c4)C4(c6ccccc6-c6ccccc64)c4ccccc4-5)c4ccc5c(c4)oc4ccccc45)cccc3C(C)(C)C21. The van der Waals surface area contributed by atoms with Crippen molar-refractivity contribution in [2.75, 3.05) is 4.90 Å². The van der Waals surface area contributed by atoms with Crippen molar-refractivity contribution in [3.05, 3.63) is 227 Å². The molecule has 2 nitrogen and oxygen atoms in total. The number of fused-ring (bicyclic) bond motifs is 16. The third-order valence-corrected chi connectivity index (χ3v) is 16.7. The van der Waals surface area contributed by atoms with Crippen LogP contribution in [0.1, 0.15) is 95.7 Å². The first kappa shape index (κ1) is 42.0. The number of benzene rings is 8. The van der Waals surface area contributed by atoms with Crippen molar-refractivity contribution in [1.29, 1.82) is 0 Å². The molecule has 1 heterocycles. The van der Waals surface area contributed by atoms with Gasteiger partial charge in [-0.25, -0.2) is 0 Å². The highest BCUT2D eigenvalue weighted by Gasteiger charge is 2.53. The maximum absolute atomic E-state index is 6.69. The fourth-order valence-electron chi connectivity index (χ4n) is 13.9. The second-order valence-corrected chi connectivity index (χ2v) is 22.9. The lowest BCUT2D eigenvalue weighted by atomic mass is 9.60. The van der Waals surface area contributed by atoms with Crippen LogP contribution in [-0.4, -0.2) is 0 Å². The second kappa shape index (κ2) is 14.4. The van der Waals surface area contributed by atoms with E-state index < -0.39 is 5.41 Å². The van der Waals surface area contributed by atoms with Gasteiger partial charge < -0.3 is 9.32 Å². The van der Waals surface area contributed by atoms with Crippen LogP contribution in [0.25, 0.3) is 60.9 Å². The van der Waals surface area contributed by atoms with Gasteiger partial charge in [-0.15, -0.1) is 0 Å². The molecule has 4 aliphatic rings. The molecule has 338 valence electrons. The first-order valence-electron chi connectivity index (χ1n) is 25.0. The highest BCUT2D eigenvalue weighted by Crippen LogP contribution is 2.65. The zero-order valence-corrected chi connectivity index (χ0v) is 41.3. The van der Waals surface area contributed by atoms with Gasteiger partial charge in [0.1, 0.15) is 11.2 Å². The Morgan fingerprint density at radius 3 is 1.64 bits per heavy atom. The van der Waals surface area contributed by atoms with E-state index in [4.69, 9.17) is 4.42 Å². The van der Waals surface area contributed by atoms with Crippen LogP contribution in [0.15, 0.2) is 198 Å². The van der Waals surface area contributed by atoms with Gasteiger partial charge >= 0.3 is 0 Å². The summed E-state index contributed by atoms with van der Waals surface area (Å²) in [5.74, 6) is 0.727. The summed E-state index contributed by atoms with van der Waals surface area (Å²) in [6.45, 7) is 22.0. The topological polar surface area (TPSA) is 16.4 Å². The van der Waals surface area contributed by atoms with Crippen LogP contribution in [0, 0.1) is 22.7 Å². The highest BCUT2D eigenvalue weighted by atomic mass is 16.3. The van der Waals surface area contributed by atoms with Crippen LogP contribution in [0.3, 0.4) is 0 Å². The van der Waals surface area contributed by atoms with Crippen molar-refractivity contribution >= 4 is 44.6 Å². The van der Waals surface area contributed by atoms with E-state index in [2.05, 4.69) is 249 Å². The molecule has 2 atom stereocenters. The van der Waals surface area contributed by atoms with Crippen LogP contribution in [0.4, 0.5) is 17.1 Å². The monoisotopic (exact) mass is 893 g/mol. The summed E-state index contributed by atoms with van der Waals surface area (Å²) in [7, 11) is 0. The summed E-state index contributed by atoms with van der Waals surface area (Å²) in [5, 5.41) is 2.25. The number of anilines is 3. The first-order valence-corrected chi connectivity index (χ1v) is 25.0. The Balaban J connectivity index is 1.09. The van der Waals surface area contributed by atoms with E-state index in [1.165, 1.54) is 77.9 Å². The molecular formula is C67H59NO. The van der Waals surface area contributed by atoms with Gasteiger partial charge in [0.25, 0.3) is 0 Å². The molecule has 8 aromatic carbocycles. The maximum atomic E-state index is 6.69. The van der Waals surface area contributed by atoms with E-state index in [0.717, 1.165) is 39.0 Å². The van der Waals surface area contributed by atoms with Crippen molar-refractivity contribution in [3.8, 4) is 33.4 Å². The molecule has 2 unspecified atom stereocenters. The zero-order chi connectivity index (χ0) is 47.4. The van der Waals surface area contributed by atoms with Gasteiger partial charge in [0, 0.05) is 39.7 Å². The molecule has 1 aromatic heterocycles. The fraction of sp³-hybridized carbons (Fsp3) is 0.224. The molecular weight excluding hydrogens is 835 g/mol. The Hall–Kier alpha value is -7.16. The number of rotatable bonds is 4. The summed E-state index contributed by atoms with van der Waals surface area (Å²) in [6, 6.07) is 66.1. The van der Waals surface area contributed by atoms with E-state index in [1.807, 2.05) is 0 Å². The number of furan rings is 1. The molecule has 13 rings (SSSR count). The van der Waals surface area contributed by atoms with Crippen molar-refractivity contribution in [2.24, 2.45) is 22.7 Å². The van der Waals surface area contributed by atoms with Gasteiger partial charge in [-0.3, -0.25) is 0 Å². The lowest BCUT2D eigenvalue weighted by molar-refractivity contribution is 0.292. The number of nitrogens with zero attached hydrogens (tertiary/aromatic N) is 1. The molecule has 0 saturated heterocycles. The average molecular weight is 894 g/mol. The molecule has 9 aromatic rings. The predicted octanol–water partition coefficient (Wildman–Crippen LogP) is 18.4. The van der Waals surface area contributed by atoms with Crippen LogP contribution in [0.2, 0.25) is 0 Å². The number of para-hydroxylation sites is 2. The Kier molecular flexibility index (Phi) is 8.78. The minimum absolute atomic E-state index is 0.0572. The normalized spacial score (nSPS) is 18.2. The molecule has 0 N–H and O–H groups in total. The third kappa shape index (κ3) is 5.72. The Morgan fingerprint density at radius 1 is 0.464 bits per heavy atom. The zero-order valence-electron chi connectivity index (χ0n) is 41.3. The summed E-state index contributed by atoms with van der Waals surface area (Å²) >= 11 is 0. The molecule has 0 aliphatic heterocycles. The maximum Gasteiger partial charge on any atom is 0.137 e. The van der Waals surface area contributed by atoms with Gasteiger partial charge in [-0.05, 0) is 131 Å². The fourth-order valence-corrected chi connectivity index (χ4v) is 13.9. The Morgan fingerprint density at radius 2 is 0.986 bits per heavy atom. The van der Waals surface area contributed by atoms with Crippen molar-refractivity contribution in [3.63, 3.8) is 0 Å². The van der Waals surface area contributed by atoms with Crippen molar-refractivity contribution in [1.82, 2.24) is 0 Å². The number of allylic oxidation sites excluding steroid dienone is 4. The molecule has 0 radical (unpaired) electrons. The summed E-state index contributed by atoms with van der Waals surface area (Å²) in [5.41, 5.74) is 25.0. The van der Waals surface area contributed by atoms with Crippen LogP contribution in [0.5, 0.6) is 0 Å². The van der Waals surface area contributed by atoms with Gasteiger partial charge in [-0.1, -0.05) is 207 Å². The van der Waals surface area contributed by atoms with Crippen molar-refractivity contribution < 1.29 is 4.42 Å². The third-order valence-electron chi connectivity index (χ3n) is 16.7. The summed E-state index contributed by atoms with van der Waals surface area (Å²) in [6.07, 6.45) is 2.61.